The van der Waals surface area contributed by atoms with E-state index in [1.54, 1.807) is 0 Å². The lowest BCUT2D eigenvalue weighted by atomic mass is 10.1. The summed E-state index contributed by atoms with van der Waals surface area (Å²) in [6, 6.07) is 5.83. The molecule has 1 aromatic rings. The maximum absolute atomic E-state index is 12.0. The van der Waals surface area contributed by atoms with Crippen LogP contribution in [0.15, 0.2) is 18.2 Å². The fraction of sp³-hybridized carbons (Fsp3) is 0.467. The van der Waals surface area contributed by atoms with Gasteiger partial charge in [-0.1, -0.05) is 13.0 Å². The third-order valence-corrected chi connectivity index (χ3v) is 3.49. The molecule has 19 heavy (non-hydrogen) atoms. The highest BCUT2D eigenvalue weighted by Crippen LogP contribution is 2.22. The van der Waals surface area contributed by atoms with Crippen molar-refractivity contribution < 1.29 is 14.7 Å². The first-order chi connectivity index (χ1) is 9.06. The van der Waals surface area contributed by atoms with Gasteiger partial charge < -0.3 is 10.4 Å². The molecule has 0 spiro atoms. The molecule has 4 nitrogen and oxygen atoms in total. The number of aryl methyl sites for hydroxylation is 2. The molecule has 2 N–H and O–H groups in total. The van der Waals surface area contributed by atoms with E-state index in [4.69, 9.17) is 5.11 Å². The van der Waals surface area contributed by atoms with Crippen molar-refractivity contribution in [1.29, 1.82) is 0 Å². The lowest BCUT2D eigenvalue weighted by Crippen LogP contribution is -2.29. The van der Waals surface area contributed by atoms with Crippen molar-refractivity contribution in [2.45, 2.75) is 32.6 Å². The Labute approximate surface area is 112 Å². The van der Waals surface area contributed by atoms with Crippen LogP contribution in [0.5, 0.6) is 0 Å². The number of benzene rings is 1. The molecule has 0 saturated heterocycles. The van der Waals surface area contributed by atoms with Crippen LogP contribution in [0.1, 0.15) is 41.3 Å². The molecule has 2 rings (SSSR count). The van der Waals surface area contributed by atoms with Crippen LogP contribution < -0.4 is 5.32 Å². The fourth-order valence-corrected chi connectivity index (χ4v) is 2.45. The molecule has 0 fully saturated rings. The Morgan fingerprint density at radius 2 is 2.05 bits per heavy atom. The number of aliphatic carboxylic acids is 1. The fourth-order valence-electron chi connectivity index (χ4n) is 2.45. The second-order valence-electron chi connectivity index (χ2n) is 5.25. The summed E-state index contributed by atoms with van der Waals surface area (Å²) >= 11 is 0. The number of amides is 1. The molecule has 0 radical (unpaired) electrons. The summed E-state index contributed by atoms with van der Waals surface area (Å²) in [6.07, 6.45) is 3.39. The van der Waals surface area contributed by atoms with Gasteiger partial charge in [-0.25, -0.2) is 0 Å². The highest BCUT2D eigenvalue weighted by Gasteiger charge is 2.15. The molecule has 102 valence electrons. The first-order valence-corrected chi connectivity index (χ1v) is 6.68. The van der Waals surface area contributed by atoms with Crippen LogP contribution in [-0.4, -0.2) is 23.5 Å². The van der Waals surface area contributed by atoms with Crippen LogP contribution in [-0.2, 0) is 17.6 Å². The molecule has 0 heterocycles. The maximum atomic E-state index is 12.0. The van der Waals surface area contributed by atoms with E-state index in [-0.39, 0.29) is 18.2 Å². The van der Waals surface area contributed by atoms with Crippen LogP contribution in [0, 0.1) is 5.92 Å². The smallest absolute Gasteiger partial charge is 0.303 e. The van der Waals surface area contributed by atoms with Gasteiger partial charge in [0.2, 0.25) is 0 Å². The normalized spacial score (nSPS) is 14.8. The van der Waals surface area contributed by atoms with Gasteiger partial charge in [0, 0.05) is 18.5 Å². The van der Waals surface area contributed by atoms with E-state index in [0.29, 0.717) is 12.1 Å². The quantitative estimate of drug-likeness (QED) is 0.852. The minimum atomic E-state index is -0.834. The van der Waals surface area contributed by atoms with E-state index in [0.717, 1.165) is 19.3 Å². The predicted octanol–water partition coefficient (Wildman–Crippen LogP) is 2.02. The second kappa shape index (κ2) is 5.87. The molecule has 1 aliphatic rings. The number of hydrogen-bond acceptors (Lipinski definition) is 2. The van der Waals surface area contributed by atoms with Gasteiger partial charge in [0.25, 0.3) is 5.91 Å². The summed E-state index contributed by atoms with van der Waals surface area (Å²) in [4.78, 5) is 22.5. The second-order valence-corrected chi connectivity index (χ2v) is 5.25. The van der Waals surface area contributed by atoms with Gasteiger partial charge in [0.05, 0.1) is 0 Å². The van der Waals surface area contributed by atoms with Gasteiger partial charge in [-0.2, -0.15) is 0 Å². The zero-order valence-electron chi connectivity index (χ0n) is 11.1. The Balaban J connectivity index is 1.91. The molecule has 4 heteroatoms. The number of carbonyl (C=O) groups is 2. The van der Waals surface area contributed by atoms with Crippen molar-refractivity contribution in [1.82, 2.24) is 5.32 Å². The van der Waals surface area contributed by atoms with Crippen molar-refractivity contribution >= 4 is 11.9 Å². The summed E-state index contributed by atoms with van der Waals surface area (Å²) in [5.74, 6) is -1.01. The molecule has 0 aromatic heterocycles. The molecule has 1 amide bonds. The van der Waals surface area contributed by atoms with Crippen molar-refractivity contribution in [3.05, 3.63) is 34.9 Å². The molecule has 0 bridgehead atoms. The van der Waals surface area contributed by atoms with E-state index < -0.39 is 5.97 Å². The van der Waals surface area contributed by atoms with E-state index in [1.807, 2.05) is 25.1 Å². The van der Waals surface area contributed by atoms with Gasteiger partial charge in [0.15, 0.2) is 0 Å². The Morgan fingerprint density at radius 3 is 2.79 bits per heavy atom. The van der Waals surface area contributed by atoms with Gasteiger partial charge in [-0.3, -0.25) is 9.59 Å². The molecule has 1 aromatic carbocycles. The number of nitrogens with one attached hydrogen (secondary N) is 1. The first kappa shape index (κ1) is 13.6. The average Bonchev–Trinajstić information content (AvgIpc) is 2.82. The number of hydrogen-bond donors (Lipinski definition) is 2. The molecule has 1 unspecified atom stereocenters. The molecule has 1 aliphatic carbocycles. The number of carboxylic acid groups (broad SMARTS) is 1. The third kappa shape index (κ3) is 3.56. The summed E-state index contributed by atoms with van der Waals surface area (Å²) in [7, 11) is 0. The Bertz CT molecular complexity index is 496. The van der Waals surface area contributed by atoms with Crippen LogP contribution in [0.25, 0.3) is 0 Å². The third-order valence-electron chi connectivity index (χ3n) is 3.49. The van der Waals surface area contributed by atoms with Crippen LogP contribution >= 0.6 is 0 Å². The van der Waals surface area contributed by atoms with E-state index >= 15 is 0 Å². The van der Waals surface area contributed by atoms with Crippen molar-refractivity contribution in [3.8, 4) is 0 Å². The van der Waals surface area contributed by atoms with Gasteiger partial charge in [0.1, 0.15) is 0 Å². The molecule has 0 aliphatic heterocycles. The SMILES string of the molecule is CC(CNC(=O)c1ccc2c(c1)CCC2)CC(=O)O. The lowest BCUT2D eigenvalue weighted by Gasteiger charge is -2.11. The number of carboxylic acids is 1. The largest absolute Gasteiger partial charge is 0.481 e. The predicted molar refractivity (Wildman–Crippen MR) is 72.2 cm³/mol. The molecule has 0 saturated carbocycles. The standard InChI is InChI=1S/C15H19NO3/c1-10(7-14(17)18)9-16-15(19)13-6-5-11-3-2-4-12(11)8-13/h5-6,8,10H,2-4,7,9H2,1H3,(H,16,19)(H,17,18). The zero-order chi connectivity index (χ0) is 13.8. The summed E-state index contributed by atoms with van der Waals surface area (Å²) in [6.45, 7) is 2.21. The molecular formula is C15H19NO3. The van der Waals surface area contributed by atoms with Crippen LogP contribution in [0.4, 0.5) is 0 Å². The van der Waals surface area contributed by atoms with Crippen LogP contribution in [0.3, 0.4) is 0 Å². The van der Waals surface area contributed by atoms with E-state index in [9.17, 15) is 9.59 Å². The molecule has 1 atom stereocenters. The minimum Gasteiger partial charge on any atom is -0.481 e. The highest BCUT2D eigenvalue weighted by atomic mass is 16.4. The maximum Gasteiger partial charge on any atom is 0.303 e. The highest BCUT2D eigenvalue weighted by molar-refractivity contribution is 5.94. The van der Waals surface area contributed by atoms with E-state index in [1.165, 1.54) is 11.1 Å². The van der Waals surface area contributed by atoms with Gasteiger partial charge >= 0.3 is 5.97 Å². The van der Waals surface area contributed by atoms with Crippen molar-refractivity contribution in [3.63, 3.8) is 0 Å². The van der Waals surface area contributed by atoms with Crippen molar-refractivity contribution in [2.75, 3.05) is 6.54 Å². The summed E-state index contributed by atoms with van der Waals surface area (Å²) < 4.78 is 0. The number of carbonyl (C=O) groups excluding carboxylic acids is 1. The van der Waals surface area contributed by atoms with Gasteiger partial charge in [-0.15, -0.1) is 0 Å². The lowest BCUT2D eigenvalue weighted by molar-refractivity contribution is -0.137. The van der Waals surface area contributed by atoms with Crippen LogP contribution in [0.2, 0.25) is 0 Å². The molecular weight excluding hydrogens is 242 g/mol. The minimum absolute atomic E-state index is 0.0594. The monoisotopic (exact) mass is 261 g/mol. The number of rotatable bonds is 5. The Hall–Kier alpha value is -1.84. The van der Waals surface area contributed by atoms with Gasteiger partial charge in [-0.05, 0) is 48.4 Å². The zero-order valence-corrected chi connectivity index (χ0v) is 11.1. The topological polar surface area (TPSA) is 66.4 Å². The van der Waals surface area contributed by atoms with E-state index in [2.05, 4.69) is 5.32 Å². The Kier molecular flexibility index (Phi) is 4.20. The van der Waals surface area contributed by atoms with Crippen molar-refractivity contribution in [2.24, 2.45) is 5.92 Å². The summed E-state index contributed by atoms with van der Waals surface area (Å²) in [5, 5.41) is 11.5. The summed E-state index contributed by atoms with van der Waals surface area (Å²) in [5.41, 5.74) is 3.28. The Morgan fingerprint density at radius 1 is 1.32 bits per heavy atom. The number of fused-ring (bicyclic) bond motifs is 1. The average molecular weight is 261 g/mol. The first-order valence-electron chi connectivity index (χ1n) is 6.68.